The molecule has 1 unspecified atom stereocenters. The van der Waals surface area contributed by atoms with Gasteiger partial charge in [-0.15, -0.1) is 0 Å². The highest BCUT2D eigenvalue weighted by atomic mass is 15.1. The Labute approximate surface area is 402 Å². The van der Waals surface area contributed by atoms with E-state index in [4.69, 9.17) is 0 Å². The van der Waals surface area contributed by atoms with Crippen LogP contribution in [0.25, 0.3) is 83.1 Å². The summed E-state index contributed by atoms with van der Waals surface area (Å²) in [6.07, 6.45) is 0. The molecule has 1 aliphatic heterocycles. The van der Waals surface area contributed by atoms with Crippen LogP contribution in [0, 0.1) is 0 Å². The van der Waals surface area contributed by atoms with Crippen molar-refractivity contribution in [3.05, 3.63) is 289 Å². The Morgan fingerprint density at radius 3 is 1.57 bits per heavy atom. The van der Waals surface area contributed by atoms with Crippen LogP contribution in [0.15, 0.2) is 267 Å². The molecule has 11 aromatic carbocycles. The molecule has 0 fully saturated rings. The normalized spacial score (nSPS) is 14.1. The van der Waals surface area contributed by atoms with Crippen LogP contribution in [0.1, 0.15) is 22.3 Å². The number of benzene rings is 11. The zero-order valence-corrected chi connectivity index (χ0v) is 37.8. The second kappa shape index (κ2) is 15.6. The first-order valence-corrected chi connectivity index (χ1v) is 23.9. The van der Waals surface area contributed by atoms with Crippen LogP contribution in [-0.2, 0) is 5.41 Å². The van der Waals surface area contributed by atoms with Gasteiger partial charge in [0.05, 0.1) is 33.5 Å². The topological polar surface area (TPSA) is 8.17 Å². The van der Waals surface area contributed by atoms with Gasteiger partial charge in [0.25, 0.3) is 0 Å². The minimum atomic E-state index is -0.538. The highest BCUT2D eigenvalue weighted by Crippen LogP contribution is 2.62. The van der Waals surface area contributed by atoms with Gasteiger partial charge in [-0.05, 0) is 109 Å². The lowest BCUT2D eigenvalue weighted by atomic mass is 9.65. The average molecular weight is 877 g/mol. The van der Waals surface area contributed by atoms with Crippen molar-refractivity contribution in [3.63, 3.8) is 0 Å². The fraction of sp³-hybridized carbons (Fsp3) is 0.0149. The number of nitrogens with zero attached hydrogens (tertiary/aromatic N) is 2. The highest BCUT2D eigenvalue weighted by Gasteiger charge is 2.51. The predicted octanol–water partition coefficient (Wildman–Crippen LogP) is 17.6. The van der Waals surface area contributed by atoms with E-state index in [2.05, 4.69) is 276 Å². The van der Waals surface area contributed by atoms with Crippen LogP contribution in [0.3, 0.4) is 0 Å². The van der Waals surface area contributed by atoms with Crippen LogP contribution in [-0.4, -0.2) is 4.57 Å². The van der Waals surface area contributed by atoms with E-state index in [1.807, 2.05) is 0 Å². The molecule has 2 nitrogen and oxygen atoms in total. The van der Waals surface area contributed by atoms with Crippen molar-refractivity contribution in [2.45, 2.75) is 5.41 Å². The van der Waals surface area contributed by atoms with Gasteiger partial charge in [-0.2, -0.15) is 0 Å². The lowest BCUT2D eigenvalue weighted by Crippen LogP contribution is -2.33. The maximum Gasteiger partial charge on any atom is 0.0754 e. The van der Waals surface area contributed by atoms with Crippen molar-refractivity contribution < 1.29 is 0 Å². The van der Waals surface area contributed by atoms with Gasteiger partial charge in [0, 0.05) is 27.6 Å². The molecular weight excluding hydrogens is 833 g/mol. The summed E-state index contributed by atoms with van der Waals surface area (Å²) in [4.78, 5) is 2.51. The van der Waals surface area contributed by atoms with Gasteiger partial charge >= 0.3 is 0 Å². The fourth-order valence-corrected chi connectivity index (χ4v) is 11.9. The number of hydrogen-bond donors (Lipinski definition) is 0. The molecule has 0 radical (unpaired) electrons. The standard InChI is InChI=1S/C67H44N2/c1-3-19-45(20-4-1)47-37-39-48(40-38-47)52-25-8-13-33-62(52)68(63-34-14-9-26-53(63)50-24-17-23-49(43-50)46-21-5-2-6-22-46)51-41-42-59-57(44-51)54-27-7-11-30-58(54)67(59)60-31-12-16-36-65(60)69-64-35-15-10-28-55(64)56-29-18-32-61(67)66(56)69/h1-44H. The largest absolute Gasteiger partial charge is 0.309 e. The fourth-order valence-electron chi connectivity index (χ4n) is 11.9. The van der Waals surface area contributed by atoms with Crippen LogP contribution < -0.4 is 4.90 Å². The molecule has 1 spiro atoms. The molecule has 2 heteroatoms. The summed E-state index contributed by atoms with van der Waals surface area (Å²) in [5.41, 5.74) is 23.7. The van der Waals surface area contributed by atoms with Gasteiger partial charge < -0.3 is 9.47 Å². The Morgan fingerprint density at radius 2 is 0.797 bits per heavy atom. The van der Waals surface area contributed by atoms with E-state index in [-0.39, 0.29) is 0 Å². The van der Waals surface area contributed by atoms with E-state index in [1.165, 1.54) is 83.1 Å². The first-order chi connectivity index (χ1) is 34.3. The molecular formula is C67H44N2. The quantitative estimate of drug-likeness (QED) is 0.155. The zero-order chi connectivity index (χ0) is 45.5. The van der Waals surface area contributed by atoms with Crippen molar-refractivity contribution in [3.8, 4) is 61.3 Å². The maximum absolute atomic E-state index is 2.52. The summed E-state index contributed by atoms with van der Waals surface area (Å²) in [5, 5.41) is 2.56. The average Bonchev–Trinajstić information content (AvgIpc) is 3.92. The molecule has 2 aliphatic rings. The number of anilines is 3. The highest BCUT2D eigenvalue weighted by molar-refractivity contribution is 6.13. The molecule has 1 aliphatic carbocycles. The van der Waals surface area contributed by atoms with Crippen molar-refractivity contribution in [2.75, 3.05) is 4.90 Å². The van der Waals surface area contributed by atoms with Gasteiger partial charge in [-0.25, -0.2) is 0 Å². The van der Waals surface area contributed by atoms with E-state index < -0.39 is 5.41 Å². The summed E-state index contributed by atoms with van der Waals surface area (Å²) < 4.78 is 2.52. The van der Waals surface area contributed by atoms with Crippen molar-refractivity contribution >= 4 is 38.9 Å². The molecule has 0 bridgehead atoms. The third-order valence-corrected chi connectivity index (χ3v) is 14.8. The summed E-state index contributed by atoms with van der Waals surface area (Å²) >= 11 is 0. The Bertz CT molecular complexity index is 3960. The summed E-state index contributed by atoms with van der Waals surface area (Å²) in [5.74, 6) is 0. The summed E-state index contributed by atoms with van der Waals surface area (Å²) in [6, 6.07) is 98.6. The van der Waals surface area contributed by atoms with Crippen LogP contribution in [0.5, 0.6) is 0 Å². The Balaban J connectivity index is 1.02. The van der Waals surface area contributed by atoms with Crippen LogP contribution in [0.4, 0.5) is 17.1 Å². The lowest BCUT2D eigenvalue weighted by Gasteiger charge is -2.39. The molecule has 322 valence electrons. The van der Waals surface area contributed by atoms with Gasteiger partial charge in [0.15, 0.2) is 0 Å². The smallest absolute Gasteiger partial charge is 0.0754 e. The van der Waals surface area contributed by atoms with E-state index in [0.717, 1.165) is 39.3 Å². The molecule has 1 atom stereocenters. The van der Waals surface area contributed by atoms with E-state index in [1.54, 1.807) is 0 Å². The lowest BCUT2D eigenvalue weighted by molar-refractivity contribution is 0.748. The van der Waals surface area contributed by atoms with Gasteiger partial charge in [-0.1, -0.05) is 224 Å². The SMILES string of the molecule is c1ccc(-c2ccc(-c3ccccc3N(c3ccc4c(c3)-c3ccccc3C43c4ccccc4-n4c5ccccc5c5cccc3c54)c3ccccc3-c3cccc(-c4ccccc4)c3)cc2)cc1. The van der Waals surface area contributed by atoms with E-state index in [9.17, 15) is 0 Å². The van der Waals surface area contributed by atoms with Gasteiger partial charge in [0.2, 0.25) is 0 Å². The third kappa shape index (κ3) is 5.86. The zero-order valence-electron chi connectivity index (χ0n) is 37.8. The van der Waals surface area contributed by atoms with E-state index in [0.29, 0.717) is 0 Å². The van der Waals surface area contributed by atoms with Crippen molar-refractivity contribution in [1.82, 2.24) is 4.57 Å². The third-order valence-electron chi connectivity index (χ3n) is 14.8. The first kappa shape index (κ1) is 39.2. The number of aromatic nitrogens is 1. The molecule has 2 heterocycles. The Kier molecular flexibility index (Phi) is 8.84. The Hall–Kier alpha value is -8.98. The Morgan fingerprint density at radius 1 is 0.290 bits per heavy atom. The van der Waals surface area contributed by atoms with Crippen LogP contribution >= 0.6 is 0 Å². The number of para-hydroxylation sites is 5. The molecule has 0 saturated carbocycles. The monoisotopic (exact) mass is 876 g/mol. The predicted molar refractivity (Wildman–Crippen MR) is 288 cm³/mol. The van der Waals surface area contributed by atoms with Crippen molar-refractivity contribution in [1.29, 1.82) is 0 Å². The summed E-state index contributed by atoms with van der Waals surface area (Å²) in [6.45, 7) is 0. The number of fused-ring (bicyclic) bond motifs is 12. The second-order valence-corrected chi connectivity index (χ2v) is 18.4. The number of rotatable bonds is 7. The maximum atomic E-state index is 2.52. The molecule has 12 aromatic rings. The van der Waals surface area contributed by atoms with Crippen LogP contribution in [0.2, 0.25) is 0 Å². The molecule has 0 saturated heterocycles. The van der Waals surface area contributed by atoms with Gasteiger partial charge in [-0.3, -0.25) is 0 Å². The molecule has 14 rings (SSSR count). The molecule has 1 aromatic heterocycles. The van der Waals surface area contributed by atoms with Crippen molar-refractivity contribution in [2.24, 2.45) is 0 Å². The summed E-state index contributed by atoms with van der Waals surface area (Å²) in [7, 11) is 0. The second-order valence-electron chi connectivity index (χ2n) is 18.4. The van der Waals surface area contributed by atoms with E-state index >= 15 is 0 Å². The van der Waals surface area contributed by atoms with Gasteiger partial charge in [0.1, 0.15) is 0 Å². The first-order valence-electron chi connectivity index (χ1n) is 23.9. The minimum absolute atomic E-state index is 0.538. The molecule has 69 heavy (non-hydrogen) atoms. The molecule has 0 N–H and O–H groups in total. The number of hydrogen-bond acceptors (Lipinski definition) is 1. The molecule has 0 amide bonds. The minimum Gasteiger partial charge on any atom is -0.309 e.